The van der Waals surface area contributed by atoms with Gasteiger partial charge in [-0.15, -0.1) is 0 Å². The Morgan fingerprint density at radius 2 is 2.08 bits per heavy atom. The zero-order valence-electron chi connectivity index (χ0n) is 14.0. The number of benzene rings is 1. The van der Waals surface area contributed by atoms with E-state index in [2.05, 4.69) is 15.9 Å². The number of carbonyl (C=O) groups is 2. The van der Waals surface area contributed by atoms with Crippen LogP contribution in [0.25, 0.3) is 0 Å². The molecule has 1 fully saturated rings. The van der Waals surface area contributed by atoms with Crippen LogP contribution in [0.3, 0.4) is 0 Å². The minimum atomic E-state index is -0.169. The molecule has 130 valence electrons. The third-order valence-corrected chi connectivity index (χ3v) is 5.33. The van der Waals surface area contributed by atoms with Crippen molar-refractivity contribution >= 4 is 33.4 Å². The predicted octanol–water partition coefficient (Wildman–Crippen LogP) is 3.36. The number of fused-ring (bicyclic) bond motifs is 1. The molecule has 0 aromatic heterocycles. The first-order chi connectivity index (χ1) is 11.6. The van der Waals surface area contributed by atoms with E-state index in [4.69, 9.17) is 4.74 Å². The Balaban J connectivity index is 1.76. The fraction of sp³-hybridized carbons (Fsp3) is 0.556. The third-order valence-electron chi connectivity index (χ3n) is 4.83. The second kappa shape index (κ2) is 7.55. The molecule has 0 atom stereocenters. The molecule has 1 saturated carbocycles. The quantitative estimate of drug-likeness (QED) is 0.786. The standard InChI is InChI=1S/C18H23BrN2O3/c1-2-20(14-6-4-3-5-7-14)17(22)11-21-15-9-8-13(19)10-16(15)24-12-18(21)23/h8-10,14H,2-7,11-12H2,1H3. The van der Waals surface area contributed by atoms with Crippen LogP contribution in [-0.4, -0.2) is 42.5 Å². The van der Waals surface area contributed by atoms with Gasteiger partial charge in [0.25, 0.3) is 5.91 Å². The molecular weight excluding hydrogens is 372 g/mol. The summed E-state index contributed by atoms with van der Waals surface area (Å²) in [6, 6.07) is 5.83. The minimum absolute atomic E-state index is 0.0215. The molecule has 0 bridgehead atoms. The van der Waals surface area contributed by atoms with Crippen molar-refractivity contribution in [3.8, 4) is 5.75 Å². The highest BCUT2D eigenvalue weighted by atomic mass is 79.9. The van der Waals surface area contributed by atoms with Gasteiger partial charge in [0.05, 0.1) is 5.69 Å². The van der Waals surface area contributed by atoms with Crippen LogP contribution in [-0.2, 0) is 9.59 Å². The first kappa shape index (κ1) is 17.3. The number of amides is 2. The fourth-order valence-corrected chi connectivity index (χ4v) is 3.95. The van der Waals surface area contributed by atoms with Gasteiger partial charge >= 0.3 is 0 Å². The molecule has 0 spiro atoms. The van der Waals surface area contributed by atoms with Crippen molar-refractivity contribution in [3.63, 3.8) is 0 Å². The molecule has 1 aliphatic heterocycles. The molecule has 2 amide bonds. The summed E-state index contributed by atoms with van der Waals surface area (Å²) in [6.45, 7) is 2.77. The van der Waals surface area contributed by atoms with Gasteiger partial charge < -0.3 is 9.64 Å². The Morgan fingerprint density at radius 1 is 1.33 bits per heavy atom. The molecule has 0 N–H and O–H groups in total. The van der Waals surface area contributed by atoms with Gasteiger partial charge in [0.1, 0.15) is 12.3 Å². The maximum Gasteiger partial charge on any atom is 0.265 e. The molecule has 5 nitrogen and oxygen atoms in total. The Labute approximate surface area is 151 Å². The lowest BCUT2D eigenvalue weighted by Crippen LogP contribution is -2.49. The van der Waals surface area contributed by atoms with Crippen LogP contribution in [0.5, 0.6) is 5.75 Å². The summed E-state index contributed by atoms with van der Waals surface area (Å²) in [6.07, 6.45) is 5.76. The van der Waals surface area contributed by atoms with E-state index in [1.54, 1.807) is 4.90 Å². The van der Waals surface area contributed by atoms with Gasteiger partial charge in [-0.2, -0.15) is 0 Å². The third kappa shape index (κ3) is 3.58. The molecular formula is C18H23BrN2O3. The maximum absolute atomic E-state index is 12.8. The molecule has 1 aromatic rings. The molecule has 1 aromatic carbocycles. The highest BCUT2D eigenvalue weighted by Gasteiger charge is 2.31. The number of halogens is 1. The molecule has 6 heteroatoms. The summed E-state index contributed by atoms with van der Waals surface area (Å²) >= 11 is 3.40. The van der Waals surface area contributed by atoms with Crippen molar-refractivity contribution in [1.29, 1.82) is 0 Å². The normalized spacial score (nSPS) is 18.1. The van der Waals surface area contributed by atoms with Gasteiger partial charge in [0.2, 0.25) is 5.91 Å². The molecule has 0 saturated heterocycles. The Kier molecular flexibility index (Phi) is 5.43. The largest absolute Gasteiger partial charge is 0.482 e. The van der Waals surface area contributed by atoms with Crippen molar-refractivity contribution < 1.29 is 14.3 Å². The van der Waals surface area contributed by atoms with Gasteiger partial charge in [0, 0.05) is 17.1 Å². The Morgan fingerprint density at radius 3 is 2.79 bits per heavy atom. The number of hydrogen-bond acceptors (Lipinski definition) is 3. The van der Waals surface area contributed by atoms with Gasteiger partial charge in [-0.25, -0.2) is 0 Å². The molecule has 2 aliphatic rings. The maximum atomic E-state index is 12.8. The van der Waals surface area contributed by atoms with Crippen molar-refractivity contribution in [2.45, 2.75) is 45.1 Å². The average molecular weight is 395 g/mol. The lowest BCUT2D eigenvalue weighted by atomic mass is 9.94. The fourth-order valence-electron chi connectivity index (χ4n) is 3.61. The number of ether oxygens (including phenoxy) is 1. The van der Waals surface area contributed by atoms with Crippen molar-refractivity contribution in [1.82, 2.24) is 4.90 Å². The van der Waals surface area contributed by atoms with E-state index >= 15 is 0 Å². The van der Waals surface area contributed by atoms with Crippen LogP contribution >= 0.6 is 15.9 Å². The molecule has 0 radical (unpaired) electrons. The summed E-state index contributed by atoms with van der Waals surface area (Å²) in [4.78, 5) is 28.6. The van der Waals surface area contributed by atoms with Crippen LogP contribution in [0.15, 0.2) is 22.7 Å². The SMILES string of the molecule is CCN(C(=O)CN1C(=O)COc2cc(Br)ccc21)C1CCCCC1. The van der Waals surface area contributed by atoms with Crippen LogP contribution in [0.4, 0.5) is 5.69 Å². The molecule has 3 rings (SSSR count). The summed E-state index contributed by atoms with van der Waals surface area (Å²) in [5.41, 5.74) is 0.669. The Hall–Kier alpha value is -1.56. The van der Waals surface area contributed by atoms with Crippen molar-refractivity contribution in [2.24, 2.45) is 0 Å². The lowest BCUT2D eigenvalue weighted by molar-refractivity contribution is -0.134. The van der Waals surface area contributed by atoms with E-state index in [0.717, 1.165) is 17.3 Å². The number of nitrogens with zero attached hydrogens (tertiary/aromatic N) is 2. The highest BCUT2D eigenvalue weighted by molar-refractivity contribution is 9.10. The monoisotopic (exact) mass is 394 g/mol. The van der Waals surface area contributed by atoms with E-state index in [-0.39, 0.29) is 25.0 Å². The summed E-state index contributed by atoms with van der Waals surface area (Å²) in [7, 11) is 0. The van der Waals surface area contributed by atoms with Gasteiger partial charge in [-0.3, -0.25) is 14.5 Å². The Bertz CT molecular complexity index is 629. The van der Waals surface area contributed by atoms with E-state index < -0.39 is 0 Å². The van der Waals surface area contributed by atoms with Gasteiger partial charge in [0.15, 0.2) is 6.61 Å². The number of hydrogen-bond donors (Lipinski definition) is 0. The molecule has 1 aliphatic carbocycles. The van der Waals surface area contributed by atoms with Gasteiger partial charge in [-0.1, -0.05) is 35.2 Å². The topological polar surface area (TPSA) is 49.9 Å². The lowest BCUT2D eigenvalue weighted by Gasteiger charge is -2.36. The minimum Gasteiger partial charge on any atom is -0.482 e. The second-order valence-electron chi connectivity index (χ2n) is 6.35. The number of likely N-dealkylation sites (N-methyl/N-ethyl adjacent to an activating group) is 1. The average Bonchev–Trinajstić information content (AvgIpc) is 2.59. The summed E-state index contributed by atoms with van der Waals surface area (Å²) in [5, 5.41) is 0. The number of rotatable bonds is 4. The molecule has 0 unspecified atom stereocenters. The first-order valence-electron chi connectivity index (χ1n) is 8.62. The van der Waals surface area contributed by atoms with Crippen LogP contribution in [0.1, 0.15) is 39.0 Å². The molecule has 24 heavy (non-hydrogen) atoms. The van der Waals surface area contributed by atoms with Gasteiger partial charge in [-0.05, 0) is 38.0 Å². The second-order valence-corrected chi connectivity index (χ2v) is 7.27. The van der Waals surface area contributed by atoms with Crippen molar-refractivity contribution in [3.05, 3.63) is 22.7 Å². The van der Waals surface area contributed by atoms with E-state index in [1.807, 2.05) is 30.0 Å². The van der Waals surface area contributed by atoms with E-state index in [0.29, 0.717) is 24.0 Å². The zero-order chi connectivity index (χ0) is 17.1. The van der Waals surface area contributed by atoms with Crippen LogP contribution in [0, 0.1) is 0 Å². The number of anilines is 1. The van der Waals surface area contributed by atoms with Crippen LogP contribution < -0.4 is 9.64 Å². The summed E-state index contributed by atoms with van der Waals surface area (Å²) < 4.78 is 6.37. The van der Waals surface area contributed by atoms with E-state index in [9.17, 15) is 9.59 Å². The predicted molar refractivity (Wildman–Crippen MR) is 96.3 cm³/mol. The van der Waals surface area contributed by atoms with Crippen molar-refractivity contribution in [2.75, 3.05) is 24.6 Å². The van der Waals surface area contributed by atoms with Crippen LogP contribution in [0.2, 0.25) is 0 Å². The highest BCUT2D eigenvalue weighted by Crippen LogP contribution is 2.34. The zero-order valence-corrected chi connectivity index (χ0v) is 15.5. The number of carbonyl (C=O) groups excluding carboxylic acids is 2. The summed E-state index contributed by atoms with van der Waals surface area (Å²) in [5.74, 6) is 0.490. The molecule has 1 heterocycles. The smallest absolute Gasteiger partial charge is 0.265 e. The van der Waals surface area contributed by atoms with E-state index in [1.165, 1.54) is 19.3 Å². The first-order valence-corrected chi connectivity index (χ1v) is 9.41.